The topological polar surface area (TPSA) is 63.7 Å². The lowest BCUT2D eigenvalue weighted by Gasteiger charge is -2.39. The summed E-state index contributed by atoms with van der Waals surface area (Å²) < 4.78 is 5.06. The number of nitrogens with one attached hydrogen (secondary N) is 1. The number of carbonyl (C=O) groups is 1. The number of hydrogen-bond acceptors (Lipinski definition) is 5. The standard InChI is InChI=1S/C16H32N6O2.HI/c1-5-24-16(23)22-10-8-21(9-11-22)15(17-2)18-12-14-13-19(3)6-7-20(14)4;/h14H,5-13H2,1-4H3,(H,17,18);1H. The van der Waals surface area contributed by atoms with Gasteiger partial charge in [-0.05, 0) is 21.0 Å². The summed E-state index contributed by atoms with van der Waals surface area (Å²) in [5.41, 5.74) is 0. The van der Waals surface area contributed by atoms with E-state index < -0.39 is 0 Å². The molecule has 0 bridgehead atoms. The van der Waals surface area contributed by atoms with Crippen LogP contribution in [-0.4, -0.2) is 118 Å². The summed E-state index contributed by atoms with van der Waals surface area (Å²) in [5, 5.41) is 3.50. The van der Waals surface area contributed by atoms with E-state index >= 15 is 0 Å². The van der Waals surface area contributed by atoms with Gasteiger partial charge in [-0.2, -0.15) is 0 Å². The van der Waals surface area contributed by atoms with Crippen molar-refractivity contribution in [2.45, 2.75) is 13.0 Å². The van der Waals surface area contributed by atoms with Gasteiger partial charge >= 0.3 is 6.09 Å². The highest BCUT2D eigenvalue weighted by atomic mass is 127. The predicted octanol–water partition coefficient (Wildman–Crippen LogP) is 0.200. The molecule has 2 fully saturated rings. The maximum Gasteiger partial charge on any atom is 0.409 e. The SMILES string of the molecule is CCOC(=O)N1CCN(C(=NC)NCC2CN(C)CCN2C)CC1.I. The first kappa shape index (κ1) is 22.2. The Morgan fingerprint density at radius 1 is 1.12 bits per heavy atom. The van der Waals surface area contributed by atoms with Crippen molar-refractivity contribution in [2.24, 2.45) is 4.99 Å². The summed E-state index contributed by atoms with van der Waals surface area (Å²) in [7, 11) is 6.17. The molecule has 25 heavy (non-hydrogen) atoms. The zero-order valence-corrected chi connectivity index (χ0v) is 18.2. The van der Waals surface area contributed by atoms with Crippen molar-refractivity contribution in [3.8, 4) is 0 Å². The Morgan fingerprint density at radius 2 is 1.76 bits per heavy atom. The first-order valence-corrected chi connectivity index (χ1v) is 8.81. The number of guanidine groups is 1. The van der Waals surface area contributed by atoms with Crippen LogP contribution in [0.2, 0.25) is 0 Å². The maximum atomic E-state index is 11.8. The molecule has 1 atom stereocenters. The number of piperazine rings is 2. The van der Waals surface area contributed by atoms with Crippen LogP contribution in [0, 0.1) is 0 Å². The average Bonchev–Trinajstić information content (AvgIpc) is 2.59. The fourth-order valence-corrected chi connectivity index (χ4v) is 3.18. The van der Waals surface area contributed by atoms with Crippen LogP contribution in [0.15, 0.2) is 4.99 Å². The van der Waals surface area contributed by atoms with Crippen molar-refractivity contribution in [3.05, 3.63) is 0 Å². The van der Waals surface area contributed by atoms with Gasteiger partial charge in [-0.15, -0.1) is 24.0 Å². The second-order valence-electron chi connectivity index (χ2n) is 6.50. The molecule has 9 heteroatoms. The molecule has 146 valence electrons. The summed E-state index contributed by atoms with van der Waals surface area (Å²) in [5.74, 6) is 0.917. The van der Waals surface area contributed by atoms with Gasteiger partial charge in [0.25, 0.3) is 0 Å². The first-order chi connectivity index (χ1) is 11.5. The highest BCUT2D eigenvalue weighted by Crippen LogP contribution is 2.07. The summed E-state index contributed by atoms with van der Waals surface area (Å²) in [6, 6.07) is 0.487. The van der Waals surface area contributed by atoms with Crippen molar-refractivity contribution < 1.29 is 9.53 Å². The van der Waals surface area contributed by atoms with E-state index in [1.165, 1.54) is 0 Å². The average molecular weight is 468 g/mol. The van der Waals surface area contributed by atoms with Crippen LogP contribution in [0.1, 0.15) is 6.92 Å². The normalized spacial score (nSPS) is 23.2. The number of aliphatic imine (C=N–C) groups is 1. The monoisotopic (exact) mass is 468 g/mol. The lowest BCUT2D eigenvalue weighted by Crippen LogP contribution is -2.58. The zero-order chi connectivity index (χ0) is 17.5. The Hall–Kier alpha value is -0.810. The fraction of sp³-hybridized carbons (Fsp3) is 0.875. The fourth-order valence-electron chi connectivity index (χ4n) is 3.18. The molecule has 2 saturated heterocycles. The third-order valence-corrected chi connectivity index (χ3v) is 4.79. The van der Waals surface area contributed by atoms with Gasteiger partial charge < -0.3 is 24.8 Å². The Bertz CT molecular complexity index is 442. The minimum Gasteiger partial charge on any atom is -0.450 e. The molecular weight excluding hydrogens is 435 g/mol. The van der Waals surface area contributed by atoms with Crippen molar-refractivity contribution in [1.29, 1.82) is 0 Å². The van der Waals surface area contributed by atoms with Crippen LogP contribution in [0.3, 0.4) is 0 Å². The number of likely N-dealkylation sites (N-methyl/N-ethyl adjacent to an activating group) is 2. The molecule has 0 aliphatic carbocycles. The lowest BCUT2D eigenvalue weighted by atomic mass is 10.2. The molecule has 0 radical (unpaired) electrons. The minimum absolute atomic E-state index is 0. The third-order valence-electron chi connectivity index (χ3n) is 4.79. The molecule has 1 N–H and O–H groups in total. The van der Waals surface area contributed by atoms with Crippen LogP contribution in [0.4, 0.5) is 4.79 Å². The van der Waals surface area contributed by atoms with Crippen molar-refractivity contribution in [2.75, 3.05) is 80.1 Å². The summed E-state index contributed by atoms with van der Waals surface area (Å²) in [6.07, 6.45) is -0.216. The van der Waals surface area contributed by atoms with E-state index in [2.05, 4.69) is 39.1 Å². The van der Waals surface area contributed by atoms with Gasteiger partial charge in [-0.1, -0.05) is 0 Å². The summed E-state index contributed by atoms with van der Waals surface area (Å²) in [4.78, 5) is 24.9. The molecular formula is C16H33IN6O2. The van der Waals surface area contributed by atoms with Gasteiger partial charge in [-0.25, -0.2) is 4.79 Å². The van der Waals surface area contributed by atoms with Crippen LogP contribution >= 0.6 is 24.0 Å². The van der Waals surface area contributed by atoms with Gasteiger partial charge in [-0.3, -0.25) is 9.89 Å². The first-order valence-electron chi connectivity index (χ1n) is 8.81. The van der Waals surface area contributed by atoms with Crippen molar-refractivity contribution >= 4 is 36.0 Å². The Labute approximate surface area is 168 Å². The molecule has 0 saturated carbocycles. The van der Waals surface area contributed by atoms with Gasteiger partial charge in [0.05, 0.1) is 6.61 Å². The Balaban J connectivity index is 0.00000312. The number of rotatable bonds is 3. The van der Waals surface area contributed by atoms with Crippen LogP contribution < -0.4 is 5.32 Å². The quantitative estimate of drug-likeness (QED) is 0.363. The molecule has 1 unspecified atom stereocenters. The second-order valence-corrected chi connectivity index (χ2v) is 6.50. The van der Waals surface area contributed by atoms with E-state index in [0.717, 1.165) is 45.2 Å². The molecule has 2 heterocycles. The number of ether oxygens (including phenoxy) is 1. The third kappa shape index (κ3) is 6.45. The molecule has 1 amide bonds. The van der Waals surface area contributed by atoms with E-state index in [1.807, 2.05) is 14.0 Å². The Kier molecular flexibility index (Phi) is 9.80. The molecule has 0 aromatic heterocycles. The molecule has 0 aromatic carbocycles. The molecule has 8 nitrogen and oxygen atoms in total. The highest BCUT2D eigenvalue weighted by Gasteiger charge is 2.26. The smallest absolute Gasteiger partial charge is 0.409 e. The maximum absolute atomic E-state index is 11.8. The number of carbonyl (C=O) groups excluding carboxylic acids is 1. The largest absolute Gasteiger partial charge is 0.450 e. The van der Waals surface area contributed by atoms with Crippen LogP contribution in [-0.2, 0) is 4.74 Å². The van der Waals surface area contributed by atoms with Crippen molar-refractivity contribution in [3.63, 3.8) is 0 Å². The minimum atomic E-state index is -0.216. The number of hydrogen-bond donors (Lipinski definition) is 1. The highest BCUT2D eigenvalue weighted by molar-refractivity contribution is 14.0. The molecule has 2 aliphatic rings. The van der Waals surface area contributed by atoms with Gasteiger partial charge in [0, 0.05) is 65.4 Å². The Morgan fingerprint density at radius 3 is 2.36 bits per heavy atom. The van der Waals surface area contributed by atoms with E-state index in [0.29, 0.717) is 25.7 Å². The summed E-state index contributed by atoms with van der Waals surface area (Å²) in [6.45, 7) is 9.32. The second kappa shape index (κ2) is 11.0. The summed E-state index contributed by atoms with van der Waals surface area (Å²) >= 11 is 0. The molecule has 2 aliphatic heterocycles. The van der Waals surface area contributed by atoms with Gasteiger partial charge in [0.15, 0.2) is 5.96 Å². The van der Waals surface area contributed by atoms with Crippen LogP contribution in [0.5, 0.6) is 0 Å². The molecule has 0 aromatic rings. The number of nitrogens with zero attached hydrogens (tertiary/aromatic N) is 5. The molecule has 2 rings (SSSR count). The lowest BCUT2D eigenvalue weighted by molar-refractivity contribution is 0.0908. The van der Waals surface area contributed by atoms with Gasteiger partial charge in [0.2, 0.25) is 0 Å². The zero-order valence-electron chi connectivity index (χ0n) is 15.9. The van der Waals surface area contributed by atoms with Gasteiger partial charge in [0.1, 0.15) is 0 Å². The molecule has 0 spiro atoms. The van der Waals surface area contributed by atoms with Crippen molar-refractivity contribution in [1.82, 2.24) is 24.9 Å². The predicted molar refractivity (Wildman–Crippen MR) is 111 cm³/mol. The number of amides is 1. The number of halogens is 1. The van der Waals surface area contributed by atoms with E-state index in [-0.39, 0.29) is 30.1 Å². The van der Waals surface area contributed by atoms with E-state index in [4.69, 9.17) is 4.74 Å². The van der Waals surface area contributed by atoms with Crippen LogP contribution in [0.25, 0.3) is 0 Å². The van der Waals surface area contributed by atoms with E-state index in [9.17, 15) is 4.79 Å². The van der Waals surface area contributed by atoms with E-state index in [1.54, 1.807) is 4.90 Å².